The Morgan fingerprint density at radius 1 is 1.14 bits per heavy atom. The maximum Gasteiger partial charge on any atom is 0.319 e. The van der Waals surface area contributed by atoms with Gasteiger partial charge in [0.2, 0.25) is 0 Å². The third kappa shape index (κ3) is 5.12. The van der Waals surface area contributed by atoms with Gasteiger partial charge in [0.15, 0.2) is 5.82 Å². The number of hydrogen-bond acceptors (Lipinski definition) is 7. The van der Waals surface area contributed by atoms with E-state index >= 15 is 0 Å². The van der Waals surface area contributed by atoms with Crippen molar-refractivity contribution >= 4 is 23.4 Å². The number of anilines is 2. The van der Waals surface area contributed by atoms with Gasteiger partial charge in [0, 0.05) is 49.7 Å². The van der Waals surface area contributed by atoms with Crippen molar-refractivity contribution in [2.75, 3.05) is 43.1 Å². The van der Waals surface area contributed by atoms with Gasteiger partial charge in [0.05, 0.1) is 31.5 Å². The number of hydrogen-bond donors (Lipinski definition) is 2. The fourth-order valence-electron chi connectivity index (χ4n) is 4.78. The van der Waals surface area contributed by atoms with Crippen LogP contribution in [0.4, 0.5) is 16.3 Å². The van der Waals surface area contributed by atoms with Gasteiger partial charge in [-0.25, -0.2) is 14.8 Å². The van der Waals surface area contributed by atoms with E-state index in [4.69, 9.17) is 14.7 Å². The Morgan fingerprint density at radius 3 is 2.65 bits per heavy atom. The second-order valence-corrected chi connectivity index (χ2v) is 9.29. The van der Waals surface area contributed by atoms with Gasteiger partial charge in [-0.2, -0.15) is 5.10 Å². The molecule has 194 valence electrons. The number of amides is 3. The standard InChI is InChI=1S/C26H32N8O3/c1-4-27-26(36)29-19-7-5-18(6-8-19)23-30-21-15-33(25(35)22-9-11-28-32(22)3)12-10-20(21)24(31-23)34-13-14-37-16-17(34)2/h5-9,11,17H,4,10,12-16H2,1-3H3,(H2,27,29,36). The molecular weight excluding hydrogens is 472 g/mol. The van der Waals surface area contributed by atoms with Gasteiger partial charge >= 0.3 is 6.03 Å². The molecule has 1 fully saturated rings. The molecule has 0 radical (unpaired) electrons. The number of urea groups is 1. The quantitative estimate of drug-likeness (QED) is 0.548. The summed E-state index contributed by atoms with van der Waals surface area (Å²) >= 11 is 0. The van der Waals surface area contributed by atoms with Crippen LogP contribution in [0.15, 0.2) is 36.5 Å². The van der Waals surface area contributed by atoms with Crippen molar-refractivity contribution in [1.29, 1.82) is 0 Å². The van der Waals surface area contributed by atoms with Crippen LogP contribution < -0.4 is 15.5 Å². The molecule has 3 amide bonds. The van der Waals surface area contributed by atoms with Crippen molar-refractivity contribution < 1.29 is 14.3 Å². The molecule has 1 atom stereocenters. The van der Waals surface area contributed by atoms with Gasteiger partial charge in [-0.3, -0.25) is 9.48 Å². The number of rotatable bonds is 5. The van der Waals surface area contributed by atoms with Crippen LogP contribution in [-0.4, -0.2) is 75.5 Å². The number of morpholine rings is 1. The van der Waals surface area contributed by atoms with E-state index in [0.29, 0.717) is 56.5 Å². The second kappa shape index (κ2) is 10.6. The predicted octanol–water partition coefficient (Wildman–Crippen LogP) is 2.44. The van der Waals surface area contributed by atoms with Crippen LogP contribution in [0.25, 0.3) is 11.4 Å². The second-order valence-electron chi connectivity index (χ2n) is 9.29. The van der Waals surface area contributed by atoms with Gasteiger partial charge < -0.3 is 25.2 Å². The molecular formula is C26H32N8O3. The van der Waals surface area contributed by atoms with E-state index in [1.54, 1.807) is 24.0 Å². The van der Waals surface area contributed by atoms with Crippen LogP contribution in [0, 0.1) is 0 Å². The minimum atomic E-state index is -0.248. The molecule has 2 aliphatic heterocycles. The van der Waals surface area contributed by atoms with E-state index in [0.717, 1.165) is 29.2 Å². The average Bonchev–Trinajstić information content (AvgIpc) is 3.34. The van der Waals surface area contributed by atoms with Crippen LogP contribution in [0.2, 0.25) is 0 Å². The predicted molar refractivity (Wildman–Crippen MR) is 139 cm³/mol. The van der Waals surface area contributed by atoms with Gasteiger partial charge in [0.25, 0.3) is 5.91 Å². The van der Waals surface area contributed by atoms with Gasteiger partial charge in [-0.15, -0.1) is 0 Å². The summed E-state index contributed by atoms with van der Waals surface area (Å²) < 4.78 is 7.27. The number of aryl methyl sites for hydroxylation is 1. The van der Waals surface area contributed by atoms with E-state index < -0.39 is 0 Å². The van der Waals surface area contributed by atoms with Crippen molar-refractivity contribution in [2.45, 2.75) is 32.9 Å². The molecule has 37 heavy (non-hydrogen) atoms. The lowest BCUT2D eigenvalue weighted by Crippen LogP contribution is -2.46. The number of ether oxygens (including phenoxy) is 1. The van der Waals surface area contributed by atoms with Crippen molar-refractivity contribution in [2.24, 2.45) is 7.05 Å². The zero-order chi connectivity index (χ0) is 25.9. The highest BCUT2D eigenvalue weighted by Crippen LogP contribution is 2.32. The van der Waals surface area contributed by atoms with Crippen molar-refractivity contribution in [3.05, 3.63) is 53.5 Å². The maximum absolute atomic E-state index is 13.2. The van der Waals surface area contributed by atoms with Gasteiger partial charge in [0.1, 0.15) is 11.5 Å². The summed E-state index contributed by atoms with van der Waals surface area (Å²) in [5, 5.41) is 9.68. The number of carbonyl (C=O) groups excluding carboxylic acids is 2. The highest BCUT2D eigenvalue weighted by molar-refractivity contribution is 5.92. The highest BCUT2D eigenvalue weighted by atomic mass is 16.5. The molecule has 4 heterocycles. The van der Waals surface area contributed by atoms with Crippen LogP contribution in [0.3, 0.4) is 0 Å². The monoisotopic (exact) mass is 504 g/mol. The van der Waals surface area contributed by atoms with Crippen LogP contribution >= 0.6 is 0 Å². The van der Waals surface area contributed by atoms with Crippen LogP contribution in [-0.2, 0) is 24.8 Å². The minimum absolute atomic E-state index is 0.0621. The zero-order valence-corrected chi connectivity index (χ0v) is 21.4. The summed E-state index contributed by atoms with van der Waals surface area (Å²) in [6.07, 6.45) is 2.31. The molecule has 1 unspecified atom stereocenters. The van der Waals surface area contributed by atoms with E-state index in [-0.39, 0.29) is 18.0 Å². The molecule has 2 aromatic heterocycles. The van der Waals surface area contributed by atoms with E-state index in [1.807, 2.05) is 36.1 Å². The normalized spacial score (nSPS) is 17.3. The maximum atomic E-state index is 13.2. The molecule has 1 saturated heterocycles. The number of aromatic nitrogens is 4. The molecule has 0 aliphatic carbocycles. The Balaban J connectivity index is 1.49. The molecule has 11 heteroatoms. The molecule has 2 N–H and O–H groups in total. The third-order valence-corrected chi connectivity index (χ3v) is 6.75. The van der Waals surface area contributed by atoms with Crippen molar-refractivity contribution in [3.63, 3.8) is 0 Å². The first kappa shape index (κ1) is 24.7. The summed E-state index contributed by atoms with van der Waals surface area (Å²) in [4.78, 5) is 39.2. The number of carbonyl (C=O) groups is 2. The van der Waals surface area contributed by atoms with Gasteiger partial charge in [-0.05, 0) is 50.6 Å². The fraction of sp³-hybridized carbons (Fsp3) is 0.423. The smallest absolute Gasteiger partial charge is 0.319 e. The summed E-state index contributed by atoms with van der Waals surface area (Å²) in [6, 6.07) is 9.14. The molecule has 0 bridgehead atoms. The average molecular weight is 505 g/mol. The Bertz CT molecular complexity index is 1290. The Hall–Kier alpha value is -3.99. The number of nitrogens with one attached hydrogen (secondary N) is 2. The van der Waals surface area contributed by atoms with E-state index in [9.17, 15) is 9.59 Å². The van der Waals surface area contributed by atoms with E-state index in [1.165, 1.54) is 0 Å². The van der Waals surface area contributed by atoms with Crippen LogP contribution in [0.1, 0.15) is 35.6 Å². The summed E-state index contributed by atoms with van der Waals surface area (Å²) in [7, 11) is 1.77. The zero-order valence-electron chi connectivity index (χ0n) is 21.4. The molecule has 5 rings (SSSR count). The third-order valence-electron chi connectivity index (χ3n) is 6.75. The lowest BCUT2D eigenvalue weighted by molar-refractivity contribution is 0.0720. The fourth-order valence-corrected chi connectivity index (χ4v) is 4.78. The first-order valence-electron chi connectivity index (χ1n) is 12.6. The molecule has 0 saturated carbocycles. The largest absolute Gasteiger partial charge is 0.377 e. The summed E-state index contributed by atoms with van der Waals surface area (Å²) in [6.45, 7) is 7.57. The number of benzene rings is 1. The molecule has 2 aliphatic rings. The lowest BCUT2D eigenvalue weighted by Gasteiger charge is -2.37. The van der Waals surface area contributed by atoms with Crippen LogP contribution in [0.5, 0.6) is 0 Å². The van der Waals surface area contributed by atoms with Crippen molar-refractivity contribution in [3.8, 4) is 11.4 Å². The Labute approximate surface area is 215 Å². The highest BCUT2D eigenvalue weighted by Gasteiger charge is 2.31. The molecule has 0 spiro atoms. The SMILES string of the molecule is CCNC(=O)Nc1ccc(-c2nc3c(c(N4CCOCC4C)n2)CCN(C(=O)c2ccnn2C)C3)cc1. The first-order valence-corrected chi connectivity index (χ1v) is 12.6. The number of fused-ring (bicyclic) bond motifs is 1. The molecule has 11 nitrogen and oxygen atoms in total. The minimum Gasteiger partial charge on any atom is -0.377 e. The molecule has 1 aromatic carbocycles. The van der Waals surface area contributed by atoms with E-state index in [2.05, 4.69) is 27.6 Å². The lowest BCUT2D eigenvalue weighted by atomic mass is 10.0. The Kier molecular flexibility index (Phi) is 7.04. The van der Waals surface area contributed by atoms with Crippen molar-refractivity contribution in [1.82, 2.24) is 30.0 Å². The summed E-state index contributed by atoms with van der Waals surface area (Å²) in [5.41, 5.74) is 4.00. The van der Waals surface area contributed by atoms with Gasteiger partial charge in [-0.1, -0.05) is 0 Å². The number of nitrogens with zero attached hydrogens (tertiary/aromatic N) is 6. The topological polar surface area (TPSA) is 118 Å². The summed E-state index contributed by atoms with van der Waals surface area (Å²) in [5.74, 6) is 1.44. The molecule has 3 aromatic rings. The first-order chi connectivity index (χ1) is 17.9. The Morgan fingerprint density at radius 2 is 1.95 bits per heavy atom.